The molecule has 0 amide bonds. The smallest absolute Gasteiger partial charge is 0.236 e. The van der Waals surface area contributed by atoms with E-state index < -0.39 is 0 Å². The monoisotopic (exact) mass is 645 g/mol. The Hall–Kier alpha value is -6.04. The summed E-state index contributed by atoms with van der Waals surface area (Å²) in [6.45, 7) is 4.31. The summed E-state index contributed by atoms with van der Waals surface area (Å²) in [5, 5.41) is 10.5. The quantitative estimate of drug-likeness (QED) is 0.188. The molecule has 0 saturated carbocycles. The van der Waals surface area contributed by atoms with Crippen molar-refractivity contribution in [1.29, 1.82) is 0 Å². The number of furan rings is 1. The van der Waals surface area contributed by atoms with E-state index in [1.54, 1.807) is 11.3 Å². The molecule has 0 atom stereocenters. The molecule has 5 heteroatoms. The Bertz CT molecular complexity index is 3180. The van der Waals surface area contributed by atoms with Crippen LogP contribution in [0.15, 0.2) is 132 Å². The van der Waals surface area contributed by atoms with E-state index >= 15 is 0 Å². The second-order valence-electron chi connectivity index (χ2n) is 13.1. The lowest BCUT2D eigenvalue weighted by Crippen LogP contribution is -2.03. The largest absolute Gasteiger partial charge is 0.454 e. The highest BCUT2D eigenvalue weighted by Gasteiger charge is 2.25. The van der Waals surface area contributed by atoms with Crippen molar-refractivity contribution in [3.63, 3.8) is 0 Å². The molecule has 4 aromatic heterocycles. The minimum absolute atomic E-state index is 0.637. The summed E-state index contributed by atoms with van der Waals surface area (Å²) >= 11 is 1.78. The van der Waals surface area contributed by atoms with Crippen molar-refractivity contribution in [2.45, 2.75) is 13.8 Å². The number of aromatic nitrogens is 3. The second kappa shape index (κ2) is 9.75. The number of thiophene rings is 1. The first-order valence-corrected chi connectivity index (χ1v) is 17.4. The van der Waals surface area contributed by atoms with Crippen molar-refractivity contribution in [3.05, 3.63) is 139 Å². The fourth-order valence-electron chi connectivity index (χ4n) is 8.14. The van der Waals surface area contributed by atoms with E-state index in [-0.39, 0.29) is 0 Å². The van der Waals surface area contributed by atoms with Crippen LogP contribution < -0.4 is 0 Å². The molecular formula is C44H27N3OS. The lowest BCUT2D eigenvalue weighted by atomic mass is 9.99. The van der Waals surface area contributed by atoms with Crippen molar-refractivity contribution in [2.75, 3.05) is 0 Å². The molecule has 0 unspecified atom stereocenters. The molecule has 4 heterocycles. The minimum Gasteiger partial charge on any atom is -0.454 e. The summed E-state index contributed by atoms with van der Waals surface area (Å²) in [6.07, 6.45) is 0. The standard InChI is InChI=1S/C44H27N3OS/c1-24-21-25(2)23-27(22-24)39-43-40(38-28-12-4-3-11-26(28)19-20-35(38)49-43)46-44(45-39)47-33-17-9-7-15-31(33)36-29-13-5-6-14-30(29)37-32-16-8-10-18-34(32)48-42(37)41(36)47/h3-23H,1-2H3. The third-order valence-electron chi connectivity index (χ3n) is 10.0. The number of benzene rings is 7. The van der Waals surface area contributed by atoms with E-state index in [1.807, 2.05) is 6.07 Å². The summed E-state index contributed by atoms with van der Waals surface area (Å²) in [5.41, 5.74) is 9.20. The Morgan fingerprint density at radius 2 is 1.27 bits per heavy atom. The number of nitrogens with zero attached hydrogens (tertiary/aromatic N) is 3. The molecule has 11 aromatic rings. The molecule has 0 spiro atoms. The van der Waals surface area contributed by atoms with Crippen molar-refractivity contribution in [1.82, 2.24) is 14.5 Å². The normalized spacial score (nSPS) is 12.3. The van der Waals surface area contributed by atoms with Crippen LogP contribution in [0.1, 0.15) is 11.1 Å². The van der Waals surface area contributed by atoms with E-state index in [0.717, 1.165) is 65.2 Å². The predicted octanol–water partition coefficient (Wildman–Crippen LogP) is 12.4. The number of para-hydroxylation sites is 2. The van der Waals surface area contributed by atoms with Crippen molar-refractivity contribution in [3.8, 4) is 17.2 Å². The van der Waals surface area contributed by atoms with Crippen LogP contribution in [0.3, 0.4) is 0 Å². The topological polar surface area (TPSA) is 43.9 Å². The molecule has 0 bridgehead atoms. The lowest BCUT2D eigenvalue weighted by molar-refractivity contribution is 0.671. The predicted molar refractivity (Wildman–Crippen MR) is 206 cm³/mol. The first-order chi connectivity index (χ1) is 24.1. The molecule has 0 radical (unpaired) electrons. The third-order valence-corrected chi connectivity index (χ3v) is 11.2. The number of rotatable bonds is 2. The van der Waals surface area contributed by atoms with Gasteiger partial charge in [0.1, 0.15) is 11.1 Å². The van der Waals surface area contributed by atoms with Crippen LogP contribution >= 0.6 is 11.3 Å². The number of hydrogen-bond donors (Lipinski definition) is 0. The van der Waals surface area contributed by atoms with Gasteiger partial charge in [-0.15, -0.1) is 11.3 Å². The van der Waals surface area contributed by atoms with Gasteiger partial charge in [0.05, 0.1) is 21.4 Å². The van der Waals surface area contributed by atoms with Gasteiger partial charge in [0.2, 0.25) is 5.95 Å². The van der Waals surface area contributed by atoms with Gasteiger partial charge >= 0.3 is 0 Å². The maximum atomic E-state index is 6.84. The van der Waals surface area contributed by atoms with Gasteiger partial charge in [0.25, 0.3) is 0 Å². The van der Waals surface area contributed by atoms with Gasteiger partial charge in [-0.25, -0.2) is 9.97 Å². The fraction of sp³-hybridized carbons (Fsp3) is 0.0455. The lowest BCUT2D eigenvalue weighted by Gasteiger charge is -2.12. The van der Waals surface area contributed by atoms with Crippen LogP contribution in [-0.4, -0.2) is 14.5 Å². The van der Waals surface area contributed by atoms with Gasteiger partial charge in [0, 0.05) is 37.2 Å². The summed E-state index contributed by atoms with van der Waals surface area (Å²) in [7, 11) is 0. The van der Waals surface area contributed by atoms with E-state index in [1.165, 1.54) is 42.8 Å². The Morgan fingerprint density at radius 1 is 0.592 bits per heavy atom. The van der Waals surface area contributed by atoms with Gasteiger partial charge in [-0.05, 0) is 65.7 Å². The third kappa shape index (κ3) is 3.68. The SMILES string of the molecule is Cc1cc(C)cc(-c2nc(-n3c4ccccc4c4c5ccccc5c5c6ccccc6oc5c43)nc3c2sc2ccc4ccccc4c23)c1. The summed E-state index contributed by atoms with van der Waals surface area (Å²) < 4.78 is 11.4. The van der Waals surface area contributed by atoms with E-state index in [2.05, 4.69) is 140 Å². The first-order valence-electron chi connectivity index (χ1n) is 16.6. The van der Waals surface area contributed by atoms with E-state index in [0.29, 0.717) is 5.95 Å². The zero-order valence-corrected chi connectivity index (χ0v) is 27.6. The fourth-order valence-corrected chi connectivity index (χ4v) is 9.31. The number of hydrogen-bond acceptors (Lipinski definition) is 4. The molecule has 0 aliphatic carbocycles. The van der Waals surface area contributed by atoms with Crippen LogP contribution in [0.25, 0.3) is 103 Å². The van der Waals surface area contributed by atoms with Crippen molar-refractivity contribution >= 4 is 96.9 Å². The molecule has 11 rings (SSSR count). The molecule has 49 heavy (non-hydrogen) atoms. The molecule has 4 nitrogen and oxygen atoms in total. The second-order valence-corrected chi connectivity index (χ2v) is 14.2. The number of aryl methyl sites for hydroxylation is 2. The highest BCUT2D eigenvalue weighted by atomic mass is 32.1. The summed E-state index contributed by atoms with van der Waals surface area (Å²) in [5.74, 6) is 0.637. The van der Waals surface area contributed by atoms with E-state index in [4.69, 9.17) is 14.4 Å². The Labute approximate surface area is 284 Å². The zero-order valence-electron chi connectivity index (χ0n) is 26.8. The molecule has 0 N–H and O–H groups in total. The average Bonchev–Trinajstić information content (AvgIpc) is 3.81. The van der Waals surface area contributed by atoms with Gasteiger partial charge in [0.15, 0.2) is 5.58 Å². The molecular weight excluding hydrogens is 619 g/mol. The maximum Gasteiger partial charge on any atom is 0.236 e. The Morgan fingerprint density at radius 3 is 2.08 bits per heavy atom. The van der Waals surface area contributed by atoms with Crippen LogP contribution in [0.2, 0.25) is 0 Å². The minimum atomic E-state index is 0.637. The summed E-state index contributed by atoms with van der Waals surface area (Å²) in [4.78, 5) is 11.1. The highest BCUT2D eigenvalue weighted by Crippen LogP contribution is 2.47. The number of fused-ring (bicyclic) bond motifs is 15. The maximum absolute atomic E-state index is 6.84. The van der Waals surface area contributed by atoms with Crippen LogP contribution in [0.4, 0.5) is 0 Å². The van der Waals surface area contributed by atoms with E-state index in [9.17, 15) is 0 Å². The van der Waals surface area contributed by atoms with Gasteiger partial charge in [-0.3, -0.25) is 4.57 Å². The van der Waals surface area contributed by atoms with Crippen LogP contribution in [0, 0.1) is 13.8 Å². The molecule has 230 valence electrons. The van der Waals surface area contributed by atoms with Crippen LogP contribution in [-0.2, 0) is 0 Å². The molecule has 0 saturated heterocycles. The molecule has 0 aliphatic heterocycles. The zero-order chi connectivity index (χ0) is 32.4. The van der Waals surface area contributed by atoms with Crippen molar-refractivity contribution < 1.29 is 4.42 Å². The average molecular weight is 646 g/mol. The van der Waals surface area contributed by atoms with Crippen LogP contribution in [0.5, 0.6) is 0 Å². The van der Waals surface area contributed by atoms with Crippen molar-refractivity contribution in [2.24, 2.45) is 0 Å². The Balaban J connectivity index is 1.39. The molecule has 0 fully saturated rings. The Kier molecular flexibility index (Phi) is 5.37. The van der Waals surface area contributed by atoms with Gasteiger partial charge in [-0.2, -0.15) is 0 Å². The first kappa shape index (κ1) is 27.0. The molecule has 7 aromatic carbocycles. The van der Waals surface area contributed by atoms with Gasteiger partial charge in [-0.1, -0.05) is 108 Å². The van der Waals surface area contributed by atoms with Gasteiger partial charge < -0.3 is 4.42 Å². The molecule has 0 aliphatic rings. The summed E-state index contributed by atoms with van der Waals surface area (Å²) in [6, 6.07) is 45.5. The highest BCUT2D eigenvalue weighted by molar-refractivity contribution is 7.26.